The number of hydrogen-bond acceptors (Lipinski definition) is 6. The van der Waals surface area contributed by atoms with E-state index in [1.165, 1.54) is 62.6 Å². The average molecular weight is 448 g/mol. The van der Waals surface area contributed by atoms with Gasteiger partial charge in [0, 0.05) is 26.3 Å². The number of sulfonamides is 3. The van der Waals surface area contributed by atoms with Gasteiger partial charge in [-0.15, -0.1) is 0 Å². The molecule has 0 aliphatic carbocycles. The largest absolute Gasteiger partial charge is 0.284 e. The fraction of sp³-hybridized carbons (Fsp3) is 0.250. The van der Waals surface area contributed by atoms with Crippen LogP contribution < -0.4 is 9.44 Å². The molecule has 0 amide bonds. The van der Waals surface area contributed by atoms with E-state index in [0.29, 0.717) is 5.56 Å². The Kier molecular flexibility index (Phi) is 6.51. The van der Waals surface area contributed by atoms with Gasteiger partial charge in [-0.1, -0.05) is 12.1 Å². The topological polar surface area (TPSA) is 130 Å². The van der Waals surface area contributed by atoms with Crippen molar-refractivity contribution >= 4 is 35.8 Å². The van der Waals surface area contributed by atoms with Gasteiger partial charge in [-0.3, -0.25) is 4.72 Å². The SMILES string of the molecule is CN(C)S(=O)(=O)c1ccc(CNS(=O)(=O)c2ccc(NS(C)(=O)=O)cc2)cc1. The predicted octanol–water partition coefficient (Wildman–Crippen LogP) is 0.787. The summed E-state index contributed by atoms with van der Waals surface area (Å²) in [6.07, 6.45) is 0.994. The van der Waals surface area contributed by atoms with E-state index in [1.807, 2.05) is 0 Å². The molecule has 2 aromatic rings. The quantitative estimate of drug-likeness (QED) is 0.615. The number of benzene rings is 2. The molecule has 2 N–H and O–H groups in total. The highest BCUT2D eigenvalue weighted by Gasteiger charge is 2.17. The lowest BCUT2D eigenvalue weighted by Crippen LogP contribution is -2.24. The molecule has 0 saturated heterocycles. The predicted molar refractivity (Wildman–Crippen MR) is 106 cm³/mol. The molecule has 154 valence electrons. The third kappa shape index (κ3) is 5.75. The van der Waals surface area contributed by atoms with Crippen LogP contribution in [0.3, 0.4) is 0 Å². The van der Waals surface area contributed by atoms with Gasteiger partial charge in [-0.25, -0.2) is 34.3 Å². The molecule has 0 aliphatic heterocycles. The number of rotatable bonds is 8. The Morgan fingerprint density at radius 2 is 1.29 bits per heavy atom. The molecule has 2 rings (SSSR count). The average Bonchev–Trinajstić information content (AvgIpc) is 2.59. The van der Waals surface area contributed by atoms with Crippen LogP contribution in [0.15, 0.2) is 58.3 Å². The first kappa shape index (κ1) is 22.3. The monoisotopic (exact) mass is 447 g/mol. The second-order valence-corrected chi connectivity index (χ2v) is 11.8. The zero-order valence-corrected chi connectivity index (χ0v) is 17.9. The number of nitrogens with one attached hydrogen (secondary N) is 2. The Bertz CT molecular complexity index is 1140. The molecule has 0 aromatic heterocycles. The lowest BCUT2D eigenvalue weighted by atomic mass is 10.2. The summed E-state index contributed by atoms with van der Waals surface area (Å²) in [5.41, 5.74) is 0.829. The standard InChI is InChI=1S/C16H21N3O6S3/c1-19(2)28(24,25)16-8-4-13(5-9-16)12-17-27(22,23)15-10-6-14(7-11-15)18-26(3,20)21/h4-11,17-18H,12H2,1-3H3. The number of anilines is 1. The van der Waals surface area contributed by atoms with E-state index >= 15 is 0 Å². The van der Waals surface area contributed by atoms with Gasteiger partial charge in [-0.05, 0) is 42.0 Å². The van der Waals surface area contributed by atoms with Gasteiger partial charge in [0.05, 0.1) is 16.0 Å². The van der Waals surface area contributed by atoms with Gasteiger partial charge in [0.2, 0.25) is 30.1 Å². The van der Waals surface area contributed by atoms with Crippen LogP contribution >= 0.6 is 0 Å². The first-order valence-electron chi connectivity index (χ1n) is 7.90. The van der Waals surface area contributed by atoms with Crippen molar-refractivity contribution in [2.75, 3.05) is 25.1 Å². The van der Waals surface area contributed by atoms with Crippen LogP contribution in [0.25, 0.3) is 0 Å². The van der Waals surface area contributed by atoms with Crippen molar-refractivity contribution < 1.29 is 25.3 Å². The van der Waals surface area contributed by atoms with Crippen molar-refractivity contribution in [1.29, 1.82) is 0 Å². The summed E-state index contributed by atoms with van der Waals surface area (Å²) in [5, 5.41) is 0. The van der Waals surface area contributed by atoms with Gasteiger partial charge in [-0.2, -0.15) is 0 Å². The summed E-state index contributed by atoms with van der Waals surface area (Å²) in [6.45, 7) is -0.0338. The number of hydrogen-bond donors (Lipinski definition) is 2. The second-order valence-electron chi connectivity index (χ2n) is 6.15. The fourth-order valence-electron chi connectivity index (χ4n) is 2.17. The summed E-state index contributed by atoms with van der Waals surface area (Å²) in [4.78, 5) is 0.0800. The molecule has 0 atom stereocenters. The van der Waals surface area contributed by atoms with Crippen LogP contribution in [0.4, 0.5) is 5.69 Å². The Morgan fingerprint density at radius 3 is 1.75 bits per heavy atom. The summed E-state index contributed by atoms with van der Waals surface area (Å²) < 4.78 is 76.9. The van der Waals surface area contributed by atoms with Crippen LogP contribution in [0.2, 0.25) is 0 Å². The smallest absolute Gasteiger partial charge is 0.242 e. The summed E-state index contributed by atoms with van der Waals surface area (Å²) >= 11 is 0. The van der Waals surface area contributed by atoms with Gasteiger partial charge in [0.15, 0.2) is 0 Å². The van der Waals surface area contributed by atoms with Crippen LogP contribution in [0.1, 0.15) is 5.56 Å². The van der Waals surface area contributed by atoms with E-state index in [0.717, 1.165) is 10.6 Å². The molecular formula is C16H21N3O6S3. The summed E-state index contributed by atoms with van der Waals surface area (Å²) in [6, 6.07) is 11.1. The Labute approximate surface area is 165 Å². The first-order valence-corrected chi connectivity index (χ1v) is 12.7. The first-order chi connectivity index (χ1) is 12.8. The molecule has 0 heterocycles. The highest BCUT2D eigenvalue weighted by atomic mass is 32.2. The minimum atomic E-state index is -3.82. The third-order valence-corrected chi connectivity index (χ3v) is 7.49. The normalized spacial score (nSPS) is 12.9. The summed E-state index contributed by atoms with van der Waals surface area (Å²) in [7, 11) is -7.98. The molecule has 0 saturated carbocycles. The van der Waals surface area contributed by atoms with E-state index in [9.17, 15) is 25.3 Å². The molecule has 0 spiro atoms. The maximum atomic E-state index is 12.4. The molecule has 0 fully saturated rings. The third-order valence-electron chi connectivity index (χ3n) is 3.64. The highest BCUT2D eigenvalue weighted by Crippen LogP contribution is 2.17. The van der Waals surface area contributed by atoms with E-state index in [4.69, 9.17) is 0 Å². The van der Waals surface area contributed by atoms with Crippen molar-refractivity contribution in [3.8, 4) is 0 Å². The zero-order chi connectivity index (χ0) is 21.2. The summed E-state index contributed by atoms with van der Waals surface area (Å²) in [5.74, 6) is 0. The molecule has 0 bridgehead atoms. The molecule has 0 unspecified atom stereocenters. The highest BCUT2D eigenvalue weighted by molar-refractivity contribution is 7.92. The van der Waals surface area contributed by atoms with Crippen LogP contribution in [0, 0.1) is 0 Å². The van der Waals surface area contributed by atoms with Crippen molar-refractivity contribution in [3.05, 3.63) is 54.1 Å². The lowest BCUT2D eigenvalue weighted by Gasteiger charge is -2.12. The Morgan fingerprint density at radius 1 is 0.786 bits per heavy atom. The van der Waals surface area contributed by atoms with E-state index < -0.39 is 30.1 Å². The minimum absolute atomic E-state index is 0.0293. The van der Waals surface area contributed by atoms with Gasteiger partial charge < -0.3 is 0 Å². The molecule has 0 radical (unpaired) electrons. The molecule has 28 heavy (non-hydrogen) atoms. The minimum Gasteiger partial charge on any atom is -0.284 e. The van der Waals surface area contributed by atoms with Crippen molar-refractivity contribution in [2.24, 2.45) is 0 Å². The van der Waals surface area contributed by atoms with Crippen molar-refractivity contribution in [1.82, 2.24) is 9.03 Å². The van der Waals surface area contributed by atoms with Crippen molar-refractivity contribution in [3.63, 3.8) is 0 Å². The van der Waals surface area contributed by atoms with Crippen LogP contribution in [-0.2, 0) is 36.6 Å². The van der Waals surface area contributed by atoms with E-state index in [2.05, 4.69) is 9.44 Å². The molecule has 2 aromatic carbocycles. The van der Waals surface area contributed by atoms with Crippen LogP contribution in [0.5, 0.6) is 0 Å². The Hall–Kier alpha value is -1.99. The number of nitrogens with zero attached hydrogens (tertiary/aromatic N) is 1. The molecular weight excluding hydrogens is 426 g/mol. The lowest BCUT2D eigenvalue weighted by molar-refractivity contribution is 0.520. The van der Waals surface area contributed by atoms with Crippen LogP contribution in [-0.4, -0.2) is 49.9 Å². The second kappa shape index (κ2) is 8.17. The Balaban J connectivity index is 2.09. The molecule has 12 heteroatoms. The van der Waals surface area contributed by atoms with Crippen molar-refractivity contribution in [2.45, 2.75) is 16.3 Å². The van der Waals surface area contributed by atoms with E-state index in [-0.39, 0.29) is 22.0 Å². The maximum Gasteiger partial charge on any atom is 0.242 e. The molecule has 9 nitrogen and oxygen atoms in total. The van der Waals surface area contributed by atoms with Gasteiger partial charge >= 0.3 is 0 Å². The molecule has 0 aliphatic rings. The maximum absolute atomic E-state index is 12.4. The van der Waals surface area contributed by atoms with Gasteiger partial charge in [0.1, 0.15) is 0 Å². The fourth-order valence-corrected chi connectivity index (χ4v) is 4.65. The van der Waals surface area contributed by atoms with Gasteiger partial charge in [0.25, 0.3) is 0 Å². The zero-order valence-electron chi connectivity index (χ0n) is 15.4. The van der Waals surface area contributed by atoms with E-state index in [1.54, 1.807) is 0 Å².